The second kappa shape index (κ2) is 8.97. The molecule has 132 valence electrons. The zero-order valence-electron chi connectivity index (χ0n) is 13.7. The second-order valence-electron chi connectivity index (χ2n) is 4.72. The fourth-order valence-corrected chi connectivity index (χ4v) is 2.40. The Morgan fingerprint density at radius 3 is 2.60 bits per heavy atom. The number of hydrogen-bond donors (Lipinski definition) is 1. The van der Waals surface area contributed by atoms with Crippen LogP contribution >= 0.6 is 15.9 Å². The normalized spacial score (nSPS) is 10.7. The summed E-state index contributed by atoms with van der Waals surface area (Å²) in [6.45, 7) is 4.85. The molecule has 0 saturated carbocycles. The summed E-state index contributed by atoms with van der Waals surface area (Å²) in [6, 6.07) is 6.46. The lowest BCUT2D eigenvalue weighted by Crippen LogP contribution is -2.01. The highest BCUT2D eigenvalue weighted by molar-refractivity contribution is 9.10. The maximum Gasteiger partial charge on any atom is 0.287 e. The number of nitrogens with zero attached hydrogens (tertiary/aromatic N) is 3. The fourth-order valence-electron chi connectivity index (χ4n) is 1.93. The first kappa shape index (κ1) is 18.7. The monoisotopic (exact) mass is 408 g/mol. The number of hydrazone groups is 1. The van der Waals surface area contributed by atoms with Gasteiger partial charge in [0.2, 0.25) is 0 Å². The average Bonchev–Trinajstić information content (AvgIpc) is 2.59. The Morgan fingerprint density at radius 2 is 2.00 bits per heavy atom. The van der Waals surface area contributed by atoms with Crippen molar-refractivity contribution in [2.45, 2.75) is 13.8 Å². The molecule has 25 heavy (non-hydrogen) atoms. The van der Waals surface area contributed by atoms with E-state index in [0.717, 1.165) is 16.2 Å². The van der Waals surface area contributed by atoms with E-state index in [0.29, 0.717) is 30.5 Å². The van der Waals surface area contributed by atoms with Crippen LogP contribution in [0.1, 0.15) is 19.4 Å². The minimum atomic E-state index is -0.508. The zero-order valence-corrected chi connectivity index (χ0v) is 15.3. The van der Waals surface area contributed by atoms with Crippen molar-refractivity contribution in [1.82, 2.24) is 4.98 Å². The van der Waals surface area contributed by atoms with Crippen molar-refractivity contribution in [3.8, 4) is 11.5 Å². The van der Waals surface area contributed by atoms with Crippen LogP contribution in [0.25, 0.3) is 0 Å². The number of ether oxygens (including phenoxy) is 2. The van der Waals surface area contributed by atoms with Crippen LogP contribution in [-0.2, 0) is 0 Å². The predicted octanol–water partition coefficient (Wildman–Crippen LogP) is 4.00. The standard InChI is InChI=1S/C16H17BrN4O4/c1-3-24-14-8-15(25-4-2)13(17)7-11(14)9-19-20-16-6-5-12(10-18-16)21(22)23/h5-10H,3-4H2,1-2H3,(H,18,20)/b19-9+. The summed E-state index contributed by atoms with van der Waals surface area (Å²) in [7, 11) is 0. The second-order valence-corrected chi connectivity index (χ2v) is 5.57. The van der Waals surface area contributed by atoms with Crippen molar-refractivity contribution < 1.29 is 14.4 Å². The largest absolute Gasteiger partial charge is 0.493 e. The maximum atomic E-state index is 10.6. The van der Waals surface area contributed by atoms with Crippen LogP contribution in [0.4, 0.5) is 11.5 Å². The average molecular weight is 409 g/mol. The van der Waals surface area contributed by atoms with Gasteiger partial charge in [-0.25, -0.2) is 4.98 Å². The number of nitro groups is 1. The molecule has 0 aliphatic heterocycles. The third kappa shape index (κ3) is 5.15. The summed E-state index contributed by atoms with van der Waals surface area (Å²) in [6.07, 6.45) is 2.74. The van der Waals surface area contributed by atoms with Crippen LogP contribution < -0.4 is 14.9 Å². The van der Waals surface area contributed by atoms with E-state index in [1.165, 1.54) is 12.1 Å². The first-order valence-electron chi connectivity index (χ1n) is 7.53. The molecule has 0 bridgehead atoms. The van der Waals surface area contributed by atoms with Gasteiger partial charge in [-0.3, -0.25) is 15.5 Å². The van der Waals surface area contributed by atoms with E-state index in [9.17, 15) is 10.1 Å². The van der Waals surface area contributed by atoms with Gasteiger partial charge >= 0.3 is 0 Å². The molecule has 8 nitrogen and oxygen atoms in total. The van der Waals surface area contributed by atoms with Gasteiger partial charge in [0.25, 0.3) is 5.69 Å². The van der Waals surface area contributed by atoms with Crippen LogP contribution in [0.3, 0.4) is 0 Å². The number of pyridine rings is 1. The molecule has 0 spiro atoms. The van der Waals surface area contributed by atoms with Gasteiger partial charge < -0.3 is 9.47 Å². The number of nitrogens with one attached hydrogen (secondary N) is 1. The van der Waals surface area contributed by atoms with Crippen LogP contribution in [0.5, 0.6) is 11.5 Å². The molecule has 2 rings (SSSR count). The summed E-state index contributed by atoms with van der Waals surface area (Å²) in [5.41, 5.74) is 3.38. The summed E-state index contributed by atoms with van der Waals surface area (Å²) < 4.78 is 11.9. The quantitative estimate of drug-likeness (QED) is 0.402. The number of hydrogen-bond acceptors (Lipinski definition) is 7. The van der Waals surface area contributed by atoms with Gasteiger partial charge in [0.1, 0.15) is 23.5 Å². The van der Waals surface area contributed by atoms with Crippen LogP contribution in [0, 0.1) is 10.1 Å². The minimum Gasteiger partial charge on any atom is -0.493 e. The Hall–Kier alpha value is -2.68. The van der Waals surface area contributed by atoms with Crippen molar-refractivity contribution >= 4 is 33.6 Å². The number of anilines is 1. The third-order valence-electron chi connectivity index (χ3n) is 3.01. The minimum absolute atomic E-state index is 0.0800. The number of rotatable bonds is 8. The molecule has 0 unspecified atom stereocenters. The van der Waals surface area contributed by atoms with Gasteiger partial charge in [0.15, 0.2) is 0 Å². The molecule has 0 radical (unpaired) electrons. The molecule has 9 heteroatoms. The Labute approximate surface area is 153 Å². The van der Waals surface area contributed by atoms with Crippen molar-refractivity contribution in [2.75, 3.05) is 18.6 Å². The topological polar surface area (TPSA) is 98.9 Å². The molecule has 1 aromatic carbocycles. The maximum absolute atomic E-state index is 10.6. The highest BCUT2D eigenvalue weighted by Crippen LogP contribution is 2.32. The van der Waals surface area contributed by atoms with Crippen LogP contribution in [0.15, 0.2) is 40.0 Å². The first-order valence-corrected chi connectivity index (χ1v) is 8.33. The Balaban J connectivity index is 2.15. The van der Waals surface area contributed by atoms with Gasteiger partial charge in [0, 0.05) is 17.7 Å². The lowest BCUT2D eigenvalue weighted by Gasteiger charge is -2.12. The van der Waals surface area contributed by atoms with Crippen molar-refractivity contribution in [3.05, 3.63) is 50.6 Å². The summed E-state index contributed by atoms with van der Waals surface area (Å²) >= 11 is 3.45. The molecule has 0 atom stereocenters. The predicted molar refractivity (Wildman–Crippen MR) is 98.6 cm³/mol. The van der Waals surface area contributed by atoms with E-state index in [-0.39, 0.29) is 5.69 Å². The molecule has 0 aliphatic rings. The van der Waals surface area contributed by atoms with E-state index in [2.05, 4.69) is 31.4 Å². The van der Waals surface area contributed by atoms with Crippen LogP contribution in [0.2, 0.25) is 0 Å². The van der Waals surface area contributed by atoms with E-state index >= 15 is 0 Å². The smallest absolute Gasteiger partial charge is 0.287 e. The molecular formula is C16H17BrN4O4. The molecule has 0 aliphatic carbocycles. The third-order valence-corrected chi connectivity index (χ3v) is 3.63. The lowest BCUT2D eigenvalue weighted by atomic mass is 10.2. The first-order chi connectivity index (χ1) is 12.0. The molecule has 0 fully saturated rings. The lowest BCUT2D eigenvalue weighted by molar-refractivity contribution is -0.385. The highest BCUT2D eigenvalue weighted by atomic mass is 79.9. The molecule has 0 saturated heterocycles. The SMILES string of the molecule is CCOc1cc(OCC)c(/C=N/Nc2ccc([N+](=O)[O-])cn2)cc1Br. The zero-order chi connectivity index (χ0) is 18.2. The molecule has 0 amide bonds. The molecule has 2 aromatic rings. The number of benzene rings is 1. The van der Waals surface area contributed by atoms with E-state index in [1.807, 2.05) is 19.9 Å². The molecule has 1 aromatic heterocycles. The number of aromatic nitrogens is 1. The molecule has 1 heterocycles. The van der Waals surface area contributed by atoms with Crippen LogP contribution in [-0.4, -0.2) is 29.3 Å². The van der Waals surface area contributed by atoms with Gasteiger partial charge in [0.05, 0.1) is 28.8 Å². The van der Waals surface area contributed by atoms with Crippen molar-refractivity contribution in [2.24, 2.45) is 5.10 Å². The Morgan fingerprint density at radius 1 is 1.28 bits per heavy atom. The Bertz CT molecular complexity index is 765. The van der Waals surface area contributed by atoms with Gasteiger partial charge in [-0.1, -0.05) is 0 Å². The summed E-state index contributed by atoms with van der Waals surface area (Å²) in [4.78, 5) is 14.0. The van der Waals surface area contributed by atoms with Gasteiger partial charge in [-0.2, -0.15) is 5.10 Å². The fraction of sp³-hybridized carbons (Fsp3) is 0.250. The summed E-state index contributed by atoms with van der Waals surface area (Å²) in [5.74, 6) is 1.72. The van der Waals surface area contributed by atoms with E-state index < -0.39 is 4.92 Å². The van der Waals surface area contributed by atoms with E-state index in [1.54, 1.807) is 12.3 Å². The van der Waals surface area contributed by atoms with Gasteiger partial charge in [-0.05, 0) is 41.9 Å². The van der Waals surface area contributed by atoms with Gasteiger partial charge in [-0.15, -0.1) is 0 Å². The summed E-state index contributed by atoms with van der Waals surface area (Å²) in [5, 5.41) is 14.7. The molecular weight excluding hydrogens is 392 g/mol. The Kier molecular flexibility index (Phi) is 6.70. The van der Waals surface area contributed by atoms with Crippen molar-refractivity contribution in [3.63, 3.8) is 0 Å². The number of halogens is 1. The van der Waals surface area contributed by atoms with Crippen molar-refractivity contribution in [1.29, 1.82) is 0 Å². The molecule has 1 N–H and O–H groups in total. The highest BCUT2D eigenvalue weighted by Gasteiger charge is 2.09. The van der Waals surface area contributed by atoms with E-state index in [4.69, 9.17) is 9.47 Å².